The number of alkyl carbamates (subject to hydrolysis) is 1. The highest BCUT2D eigenvalue weighted by Gasteiger charge is 2.23. The van der Waals surface area contributed by atoms with E-state index in [4.69, 9.17) is 4.74 Å². The first-order valence-corrected chi connectivity index (χ1v) is 11.4. The van der Waals surface area contributed by atoms with E-state index in [0.29, 0.717) is 12.1 Å². The second-order valence-electron chi connectivity index (χ2n) is 8.69. The van der Waals surface area contributed by atoms with Gasteiger partial charge in [0.25, 0.3) is 0 Å². The monoisotopic (exact) mass is 455 g/mol. The minimum absolute atomic E-state index is 0.203. The molecule has 0 saturated carbocycles. The Hall–Kier alpha value is -4.06. The molecule has 4 aromatic rings. The molecule has 3 N–H and O–H groups in total. The van der Waals surface area contributed by atoms with Crippen molar-refractivity contribution in [3.63, 3.8) is 0 Å². The molecular weight excluding hydrogens is 426 g/mol. The minimum atomic E-state index is -0.798. The number of hydrogen-bond donors (Lipinski definition) is 3. The van der Waals surface area contributed by atoms with Crippen LogP contribution in [0.3, 0.4) is 0 Å². The molecule has 1 aromatic heterocycles. The molecule has 0 aliphatic heterocycles. The number of carbonyl (C=O) groups excluding carboxylic acids is 2. The number of fused-ring (bicyclic) bond motifs is 1. The Morgan fingerprint density at radius 3 is 2.29 bits per heavy atom. The predicted molar refractivity (Wildman–Crippen MR) is 136 cm³/mol. The lowest BCUT2D eigenvalue weighted by Gasteiger charge is -2.19. The van der Waals surface area contributed by atoms with Crippen LogP contribution in [-0.4, -0.2) is 29.6 Å². The van der Waals surface area contributed by atoms with Crippen molar-refractivity contribution >= 4 is 28.6 Å². The standard InChI is InChI=1S/C28H29N3O3/c1-19(2)18-34-28(33)31-26(16-22-17-29-25-11-7-6-10-24(22)25)27(32)30-23-14-12-21(13-15-23)20-8-4-3-5-9-20/h3-15,17,19,26,29H,16,18H2,1-2H3,(H,30,32)(H,31,33)/t26-/m0/s1. The van der Waals surface area contributed by atoms with Gasteiger partial charge < -0.3 is 20.4 Å². The molecule has 6 heteroatoms. The molecule has 3 aromatic carbocycles. The molecule has 0 spiro atoms. The molecule has 0 bridgehead atoms. The number of rotatable bonds is 8. The summed E-state index contributed by atoms with van der Waals surface area (Å²) < 4.78 is 5.27. The van der Waals surface area contributed by atoms with Gasteiger partial charge in [0, 0.05) is 29.2 Å². The molecule has 6 nitrogen and oxygen atoms in total. The molecule has 0 aliphatic rings. The number of para-hydroxylation sites is 1. The van der Waals surface area contributed by atoms with Gasteiger partial charge in [0.1, 0.15) is 6.04 Å². The average Bonchev–Trinajstić information content (AvgIpc) is 3.26. The van der Waals surface area contributed by atoms with Gasteiger partial charge in [0.2, 0.25) is 5.91 Å². The molecule has 2 amide bonds. The fraction of sp³-hybridized carbons (Fsp3) is 0.214. The Balaban J connectivity index is 1.50. The molecule has 174 valence electrons. The van der Waals surface area contributed by atoms with E-state index in [9.17, 15) is 9.59 Å². The van der Waals surface area contributed by atoms with E-state index in [2.05, 4.69) is 15.6 Å². The summed E-state index contributed by atoms with van der Waals surface area (Å²) in [7, 11) is 0. The van der Waals surface area contributed by atoms with Crippen molar-refractivity contribution in [2.24, 2.45) is 5.92 Å². The number of benzene rings is 3. The fourth-order valence-corrected chi connectivity index (χ4v) is 3.76. The Kier molecular flexibility index (Phi) is 7.28. The number of aromatic nitrogens is 1. The summed E-state index contributed by atoms with van der Waals surface area (Å²) in [5.74, 6) is -0.103. The first-order chi connectivity index (χ1) is 16.5. The first kappa shape index (κ1) is 23.1. The normalized spacial score (nSPS) is 11.9. The number of ether oxygens (including phenoxy) is 1. The van der Waals surface area contributed by atoms with Gasteiger partial charge in [-0.15, -0.1) is 0 Å². The van der Waals surface area contributed by atoms with Crippen molar-refractivity contribution in [2.75, 3.05) is 11.9 Å². The lowest BCUT2D eigenvalue weighted by molar-refractivity contribution is -0.118. The van der Waals surface area contributed by atoms with Crippen molar-refractivity contribution in [2.45, 2.75) is 26.3 Å². The highest BCUT2D eigenvalue weighted by molar-refractivity contribution is 5.97. The van der Waals surface area contributed by atoms with Crippen molar-refractivity contribution < 1.29 is 14.3 Å². The van der Waals surface area contributed by atoms with Crippen LogP contribution in [0.15, 0.2) is 85.1 Å². The number of aromatic amines is 1. The molecule has 0 fully saturated rings. The number of anilines is 1. The van der Waals surface area contributed by atoms with Crippen molar-refractivity contribution in [1.29, 1.82) is 0 Å². The van der Waals surface area contributed by atoms with E-state index in [0.717, 1.165) is 27.6 Å². The molecule has 1 heterocycles. The Morgan fingerprint density at radius 1 is 0.882 bits per heavy atom. The Labute approximate surface area is 199 Å². The van der Waals surface area contributed by atoms with Gasteiger partial charge in [-0.05, 0) is 40.8 Å². The maximum Gasteiger partial charge on any atom is 0.407 e. The quantitative estimate of drug-likeness (QED) is 0.316. The maximum atomic E-state index is 13.2. The smallest absolute Gasteiger partial charge is 0.407 e. The summed E-state index contributed by atoms with van der Waals surface area (Å²) in [6, 6.07) is 24.8. The van der Waals surface area contributed by atoms with Gasteiger partial charge in [0.05, 0.1) is 6.61 Å². The largest absolute Gasteiger partial charge is 0.449 e. The molecule has 0 radical (unpaired) electrons. The summed E-state index contributed by atoms with van der Waals surface area (Å²) in [5.41, 5.74) is 4.75. The summed E-state index contributed by atoms with van der Waals surface area (Å²) in [6.45, 7) is 4.21. The third-order valence-electron chi connectivity index (χ3n) is 5.51. The van der Waals surface area contributed by atoms with Crippen LogP contribution in [0.4, 0.5) is 10.5 Å². The number of nitrogens with one attached hydrogen (secondary N) is 3. The van der Waals surface area contributed by atoms with Crippen LogP contribution in [0.5, 0.6) is 0 Å². The minimum Gasteiger partial charge on any atom is -0.449 e. The molecule has 0 unspecified atom stereocenters. The molecule has 4 rings (SSSR count). The number of carbonyl (C=O) groups is 2. The van der Waals surface area contributed by atoms with E-state index < -0.39 is 12.1 Å². The van der Waals surface area contributed by atoms with Gasteiger partial charge in [-0.3, -0.25) is 4.79 Å². The number of hydrogen-bond acceptors (Lipinski definition) is 3. The Morgan fingerprint density at radius 2 is 1.56 bits per heavy atom. The van der Waals surface area contributed by atoms with E-state index in [1.807, 2.05) is 98.9 Å². The van der Waals surface area contributed by atoms with Crippen LogP contribution in [0.2, 0.25) is 0 Å². The SMILES string of the molecule is CC(C)COC(=O)N[C@@H](Cc1c[nH]c2ccccc12)C(=O)Nc1ccc(-c2ccccc2)cc1. The predicted octanol–water partition coefficient (Wildman–Crippen LogP) is 5.77. The lowest BCUT2D eigenvalue weighted by atomic mass is 10.0. The number of H-pyrrole nitrogens is 1. The first-order valence-electron chi connectivity index (χ1n) is 11.4. The van der Waals surface area contributed by atoms with Crippen LogP contribution in [0, 0.1) is 5.92 Å². The molecule has 0 saturated heterocycles. The second-order valence-corrected chi connectivity index (χ2v) is 8.69. The molecular formula is C28H29N3O3. The third kappa shape index (κ3) is 5.84. The summed E-state index contributed by atoms with van der Waals surface area (Å²) in [4.78, 5) is 28.8. The highest BCUT2D eigenvalue weighted by Crippen LogP contribution is 2.22. The highest BCUT2D eigenvalue weighted by atomic mass is 16.5. The average molecular weight is 456 g/mol. The second kappa shape index (κ2) is 10.7. The van der Waals surface area contributed by atoms with Gasteiger partial charge in [-0.25, -0.2) is 4.79 Å². The lowest BCUT2D eigenvalue weighted by Crippen LogP contribution is -2.45. The summed E-state index contributed by atoms with van der Waals surface area (Å²) >= 11 is 0. The van der Waals surface area contributed by atoms with E-state index >= 15 is 0 Å². The third-order valence-corrected chi connectivity index (χ3v) is 5.51. The van der Waals surface area contributed by atoms with Crippen molar-refractivity contribution in [3.05, 3.63) is 90.6 Å². The molecule has 0 aliphatic carbocycles. The van der Waals surface area contributed by atoms with E-state index in [1.54, 1.807) is 0 Å². The van der Waals surface area contributed by atoms with E-state index in [1.165, 1.54) is 0 Å². The zero-order valence-electron chi connectivity index (χ0n) is 19.4. The van der Waals surface area contributed by atoms with Crippen LogP contribution >= 0.6 is 0 Å². The van der Waals surface area contributed by atoms with Crippen LogP contribution in [0.1, 0.15) is 19.4 Å². The van der Waals surface area contributed by atoms with Crippen LogP contribution < -0.4 is 10.6 Å². The fourth-order valence-electron chi connectivity index (χ4n) is 3.76. The van der Waals surface area contributed by atoms with E-state index in [-0.39, 0.29) is 18.4 Å². The summed E-state index contributed by atoms with van der Waals surface area (Å²) in [6.07, 6.45) is 1.60. The van der Waals surface area contributed by atoms with Crippen molar-refractivity contribution in [1.82, 2.24) is 10.3 Å². The van der Waals surface area contributed by atoms with Crippen LogP contribution in [0.25, 0.3) is 22.0 Å². The molecule has 34 heavy (non-hydrogen) atoms. The van der Waals surface area contributed by atoms with Crippen LogP contribution in [-0.2, 0) is 16.0 Å². The van der Waals surface area contributed by atoms with Gasteiger partial charge in [-0.1, -0.05) is 74.5 Å². The van der Waals surface area contributed by atoms with Gasteiger partial charge >= 0.3 is 6.09 Å². The van der Waals surface area contributed by atoms with Crippen molar-refractivity contribution in [3.8, 4) is 11.1 Å². The Bertz CT molecular complexity index is 1250. The zero-order valence-corrected chi connectivity index (χ0v) is 19.4. The molecule has 1 atom stereocenters. The van der Waals surface area contributed by atoms with Gasteiger partial charge in [-0.2, -0.15) is 0 Å². The zero-order chi connectivity index (χ0) is 23.9. The maximum absolute atomic E-state index is 13.2. The summed E-state index contributed by atoms with van der Waals surface area (Å²) in [5, 5.41) is 6.70. The number of amides is 2. The topological polar surface area (TPSA) is 83.2 Å². The van der Waals surface area contributed by atoms with Gasteiger partial charge in [0.15, 0.2) is 0 Å².